The van der Waals surface area contributed by atoms with Gasteiger partial charge in [0, 0.05) is 6.20 Å². The molecule has 0 unspecified atom stereocenters. The smallest absolute Gasteiger partial charge is 0.180 e. The first-order valence-corrected chi connectivity index (χ1v) is 3.11. The van der Waals surface area contributed by atoms with Crippen LogP contribution >= 0.6 is 0 Å². The summed E-state index contributed by atoms with van der Waals surface area (Å²) < 4.78 is 1.34. The molecule has 0 bridgehead atoms. The number of fused-ring (bicyclic) bond motifs is 1. The van der Waals surface area contributed by atoms with Crippen LogP contribution in [0.15, 0.2) is 18.6 Å². The van der Waals surface area contributed by atoms with Crippen molar-refractivity contribution in [3.8, 4) is 0 Å². The van der Waals surface area contributed by atoms with Crippen LogP contribution in [0.5, 0.6) is 0 Å². The lowest BCUT2D eigenvalue weighted by Gasteiger charge is -1.93. The number of aromatic nitrogens is 3. The van der Waals surface area contributed by atoms with E-state index in [9.17, 15) is 0 Å². The molecule has 2 aromatic heterocycles. The second-order valence-electron chi connectivity index (χ2n) is 2.22. The Morgan fingerprint density at radius 2 is 2.18 bits per heavy atom. The van der Waals surface area contributed by atoms with Crippen molar-refractivity contribution < 1.29 is 0 Å². The molecule has 0 radical (unpaired) electrons. The predicted octanol–water partition coefficient (Wildman–Crippen LogP) is -0.273. The van der Waals surface area contributed by atoms with E-state index in [1.807, 2.05) is 0 Å². The summed E-state index contributed by atoms with van der Waals surface area (Å²) in [5.74, 6) is 5.48. The molecule has 0 spiro atoms. The van der Waals surface area contributed by atoms with Gasteiger partial charge in [0.1, 0.15) is 11.8 Å². The third-order valence-electron chi connectivity index (χ3n) is 1.49. The third kappa shape index (κ3) is 0.706. The Balaban J connectivity index is 2.94. The summed E-state index contributed by atoms with van der Waals surface area (Å²) in [6, 6.07) is 1.69. The maximum absolute atomic E-state index is 5.60. The van der Waals surface area contributed by atoms with Gasteiger partial charge in [0.2, 0.25) is 0 Å². The van der Waals surface area contributed by atoms with Crippen LogP contribution in [-0.4, -0.2) is 14.6 Å². The van der Waals surface area contributed by atoms with Gasteiger partial charge >= 0.3 is 0 Å². The SMILES string of the molecule is Nc1ccnc2c1ncn2N. The molecule has 0 saturated heterocycles. The van der Waals surface area contributed by atoms with Crippen LogP contribution in [0.3, 0.4) is 0 Å². The van der Waals surface area contributed by atoms with Gasteiger partial charge in [-0.2, -0.15) is 0 Å². The molecule has 2 heterocycles. The van der Waals surface area contributed by atoms with Gasteiger partial charge in [-0.15, -0.1) is 0 Å². The molecule has 0 aliphatic heterocycles. The molecule has 0 aromatic carbocycles. The van der Waals surface area contributed by atoms with Crippen LogP contribution in [-0.2, 0) is 0 Å². The lowest BCUT2D eigenvalue weighted by atomic mass is 10.4. The Bertz CT molecular complexity index is 391. The fourth-order valence-corrected chi connectivity index (χ4v) is 0.953. The minimum Gasteiger partial charge on any atom is -0.397 e. The molecular formula is C6H7N5. The molecule has 0 atom stereocenters. The minimum absolute atomic E-state index is 0.596. The first kappa shape index (κ1) is 5.96. The van der Waals surface area contributed by atoms with Crippen molar-refractivity contribution in [2.45, 2.75) is 0 Å². The van der Waals surface area contributed by atoms with Crippen LogP contribution < -0.4 is 11.6 Å². The van der Waals surface area contributed by atoms with Crippen molar-refractivity contribution in [3.05, 3.63) is 18.6 Å². The molecule has 4 N–H and O–H groups in total. The zero-order valence-electron chi connectivity index (χ0n) is 5.73. The first-order chi connectivity index (χ1) is 5.29. The standard InChI is InChI=1S/C6H7N5/c7-4-1-2-9-6-5(4)10-3-11(6)8/h1-3H,8H2,(H2,7,9). The minimum atomic E-state index is 0.596. The predicted molar refractivity (Wildman–Crippen MR) is 42.1 cm³/mol. The Morgan fingerprint density at radius 1 is 1.36 bits per heavy atom. The van der Waals surface area contributed by atoms with Gasteiger partial charge in [-0.1, -0.05) is 0 Å². The third-order valence-corrected chi connectivity index (χ3v) is 1.49. The van der Waals surface area contributed by atoms with Gasteiger partial charge in [0.05, 0.1) is 5.69 Å². The Hall–Kier alpha value is -1.78. The van der Waals surface area contributed by atoms with E-state index in [0.717, 1.165) is 0 Å². The number of imidazole rings is 1. The molecule has 5 nitrogen and oxygen atoms in total. The fraction of sp³-hybridized carbons (Fsp3) is 0. The summed E-state index contributed by atoms with van der Waals surface area (Å²) in [5.41, 5.74) is 7.44. The topological polar surface area (TPSA) is 82.8 Å². The molecule has 2 aromatic rings. The molecule has 5 heteroatoms. The van der Waals surface area contributed by atoms with Crippen molar-refractivity contribution in [1.29, 1.82) is 0 Å². The quantitative estimate of drug-likeness (QED) is 0.505. The van der Waals surface area contributed by atoms with E-state index in [0.29, 0.717) is 16.9 Å². The van der Waals surface area contributed by atoms with E-state index < -0.39 is 0 Å². The Morgan fingerprint density at radius 3 is 2.91 bits per heavy atom. The number of nitrogens with zero attached hydrogens (tertiary/aromatic N) is 3. The number of rotatable bonds is 0. The number of pyridine rings is 1. The van der Waals surface area contributed by atoms with Gasteiger partial charge in [-0.05, 0) is 6.07 Å². The summed E-state index contributed by atoms with van der Waals surface area (Å²) in [4.78, 5) is 7.97. The highest BCUT2D eigenvalue weighted by Gasteiger charge is 2.02. The van der Waals surface area contributed by atoms with Crippen LogP contribution in [0.25, 0.3) is 11.2 Å². The van der Waals surface area contributed by atoms with Crippen LogP contribution in [0.4, 0.5) is 5.69 Å². The highest BCUT2D eigenvalue weighted by molar-refractivity contribution is 5.83. The number of hydrogen-bond donors (Lipinski definition) is 2. The Kier molecular flexibility index (Phi) is 1.00. The van der Waals surface area contributed by atoms with Gasteiger partial charge < -0.3 is 11.6 Å². The van der Waals surface area contributed by atoms with E-state index in [4.69, 9.17) is 11.6 Å². The molecule has 0 fully saturated rings. The van der Waals surface area contributed by atoms with Crippen LogP contribution in [0, 0.1) is 0 Å². The molecule has 11 heavy (non-hydrogen) atoms. The van der Waals surface area contributed by atoms with Gasteiger partial charge in [-0.3, -0.25) is 0 Å². The largest absolute Gasteiger partial charge is 0.397 e. The zero-order chi connectivity index (χ0) is 7.84. The molecule has 0 aliphatic rings. The van der Waals surface area contributed by atoms with Crippen molar-refractivity contribution in [2.24, 2.45) is 0 Å². The number of hydrogen-bond acceptors (Lipinski definition) is 4. The summed E-state index contributed by atoms with van der Waals surface area (Å²) in [6.45, 7) is 0. The number of anilines is 1. The lowest BCUT2D eigenvalue weighted by Crippen LogP contribution is -2.06. The second-order valence-corrected chi connectivity index (χ2v) is 2.22. The average Bonchev–Trinajstić information content (AvgIpc) is 2.35. The van der Waals surface area contributed by atoms with Crippen molar-refractivity contribution in [2.75, 3.05) is 11.6 Å². The second kappa shape index (κ2) is 1.85. The molecule has 0 amide bonds. The zero-order valence-corrected chi connectivity index (χ0v) is 5.73. The fourth-order valence-electron chi connectivity index (χ4n) is 0.953. The summed E-state index contributed by atoms with van der Waals surface area (Å²) >= 11 is 0. The molecule has 0 saturated carbocycles. The average molecular weight is 149 g/mol. The normalized spacial score (nSPS) is 10.5. The first-order valence-electron chi connectivity index (χ1n) is 3.11. The maximum Gasteiger partial charge on any atom is 0.180 e. The van der Waals surface area contributed by atoms with E-state index >= 15 is 0 Å². The van der Waals surface area contributed by atoms with E-state index in [-0.39, 0.29) is 0 Å². The number of nitrogen functional groups attached to an aromatic ring is 2. The van der Waals surface area contributed by atoms with E-state index in [2.05, 4.69) is 9.97 Å². The lowest BCUT2D eigenvalue weighted by molar-refractivity contribution is 1.01. The maximum atomic E-state index is 5.60. The van der Waals surface area contributed by atoms with Crippen molar-refractivity contribution in [3.63, 3.8) is 0 Å². The van der Waals surface area contributed by atoms with Crippen molar-refractivity contribution in [1.82, 2.24) is 14.6 Å². The number of nitrogens with two attached hydrogens (primary N) is 2. The van der Waals surface area contributed by atoms with Crippen LogP contribution in [0.1, 0.15) is 0 Å². The highest BCUT2D eigenvalue weighted by atomic mass is 15.3. The summed E-state index contributed by atoms with van der Waals surface area (Å²) in [6.07, 6.45) is 3.08. The van der Waals surface area contributed by atoms with Gasteiger partial charge in [0.25, 0.3) is 0 Å². The van der Waals surface area contributed by atoms with Gasteiger partial charge in [0.15, 0.2) is 5.65 Å². The van der Waals surface area contributed by atoms with Gasteiger partial charge in [-0.25, -0.2) is 14.6 Å². The molecular weight excluding hydrogens is 142 g/mol. The monoisotopic (exact) mass is 149 g/mol. The van der Waals surface area contributed by atoms with Crippen molar-refractivity contribution >= 4 is 16.9 Å². The summed E-state index contributed by atoms with van der Waals surface area (Å²) in [5, 5.41) is 0. The summed E-state index contributed by atoms with van der Waals surface area (Å²) in [7, 11) is 0. The Labute approximate surface area is 62.6 Å². The van der Waals surface area contributed by atoms with E-state index in [1.165, 1.54) is 11.0 Å². The highest BCUT2D eigenvalue weighted by Crippen LogP contribution is 2.13. The molecule has 56 valence electrons. The van der Waals surface area contributed by atoms with Crippen LogP contribution in [0.2, 0.25) is 0 Å². The van der Waals surface area contributed by atoms with E-state index in [1.54, 1.807) is 12.3 Å². The molecule has 0 aliphatic carbocycles. The molecule has 2 rings (SSSR count).